The highest BCUT2D eigenvalue weighted by Gasteiger charge is 2.31. The third kappa shape index (κ3) is 4.30. The zero-order chi connectivity index (χ0) is 21.3. The number of alkyl halides is 3. The maximum atomic E-state index is 12.4. The largest absolute Gasteiger partial charge is 0.573 e. The molecule has 1 N–H and O–H groups in total. The van der Waals surface area contributed by atoms with Gasteiger partial charge in [0, 0.05) is 12.1 Å². The van der Waals surface area contributed by atoms with E-state index in [-0.39, 0.29) is 10.6 Å². The number of fused-ring (bicyclic) bond motifs is 1. The summed E-state index contributed by atoms with van der Waals surface area (Å²) in [6.07, 6.45) is -2.96. The Morgan fingerprint density at radius 1 is 1.10 bits per heavy atom. The molecule has 0 aliphatic carbocycles. The number of methoxy groups -OCH3 is 1. The summed E-state index contributed by atoms with van der Waals surface area (Å²) in [6, 6.07) is 11.5. The highest BCUT2D eigenvalue weighted by Crippen LogP contribution is 2.28. The molecule has 2 aromatic heterocycles. The summed E-state index contributed by atoms with van der Waals surface area (Å²) in [6.45, 7) is 0.860. The number of halogens is 3. The van der Waals surface area contributed by atoms with Crippen molar-refractivity contribution in [1.82, 2.24) is 19.6 Å². The molecule has 0 unspecified atom stereocenters. The van der Waals surface area contributed by atoms with Crippen LogP contribution >= 0.6 is 11.3 Å². The van der Waals surface area contributed by atoms with Crippen LogP contribution in [0.25, 0.3) is 21.5 Å². The summed E-state index contributed by atoms with van der Waals surface area (Å²) in [5, 5.41) is 16.5. The molecule has 2 heterocycles. The lowest BCUT2D eigenvalue weighted by molar-refractivity contribution is -0.274. The van der Waals surface area contributed by atoms with Gasteiger partial charge in [0.1, 0.15) is 17.2 Å². The van der Waals surface area contributed by atoms with Crippen LogP contribution in [0, 0.1) is 5.41 Å². The highest BCUT2D eigenvalue weighted by atomic mass is 32.1. The van der Waals surface area contributed by atoms with Gasteiger partial charge in [-0.25, -0.2) is 0 Å². The zero-order valence-electron chi connectivity index (χ0n) is 15.7. The molecule has 0 atom stereocenters. The number of hydrogen-bond acceptors (Lipinski definition) is 6. The van der Waals surface area contributed by atoms with E-state index in [1.54, 1.807) is 22.6 Å². The van der Waals surface area contributed by atoms with Gasteiger partial charge in [0.25, 0.3) is 0 Å². The summed E-state index contributed by atoms with van der Waals surface area (Å²) in [5.74, 6) is 0.415. The van der Waals surface area contributed by atoms with E-state index < -0.39 is 6.36 Å². The second-order valence-electron chi connectivity index (χ2n) is 6.33. The van der Waals surface area contributed by atoms with Gasteiger partial charge in [-0.2, -0.15) is 0 Å². The summed E-state index contributed by atoms with van der Waals surface area (Å²) >= 11 is 1.08. The van der Waals surface area contributed by atoms with Crippen LogP contribution in [0.1, 0.15) is 0 Å². The molecule has 0 bridgehead atoms. The smallest absolute Gasteiger partial charge is 0.497 e. The molecule has 0 radical (unpaired) electrons. The second kappa shape index (κ2) is 7.82. The van der Waals surface area contributed by atoms with E-state index >= 15 is 0 Å². The first-order valence-electron chi connectivity index (χ1n) is 8.81. The zero-order valence-corrected chi connectivity index (χ0v) is 16.5. The van der Waals surface area contributed by atoms with E-state index in [4.69, 9.17) is 10.1 Å². The van der Waals surface area contributed by atoms with E-state index in [1.807, 2.05) is 24.3 Å². The van der Waals surface area contributed by atoms with Gasteiger partial charge in [-0.3, -0.25) is 10.1 Å². The minimum Gasteiger partial charge on any atom is -0.497 e. The molecule has 11 heteroatoms. The molecule has 0 saturated carbocycles. The molecule has 2 aromatic carbocycles. The van der Waals surface area contributed by atoms with Crippen LogP contribution < -0.4 is 14.3 Å². The number of nitrogens with one attached hydrogen (secondary N) is 1. The number of ether oxygens (including phenoxy) is 2. The van der Waals surface area contributed by atoms with Crippen molar-refractivity contribution in [1.29, 1.82) is 5.41 Å². The predicted octanol–water partition coefficient (Wildman–Crippen LogP) is 4.05. The first kappa shape index (κ1) is 20.0. The van der Waals surface area contributed by atoms with Crippen molar-refractivity contribution in [3.05, 3.63) is 53.5 Å². The number of hydrogen-bond donors (Lipinski definition) is 1. The number of nitrogens with zero attached hydrogens (tertiary/aromatic N) is 4. The van der Waals surface area contributed by atoms with Gasteiger partial charge < -0.3 is 14.0 Å². The Hall–Kier alpha value is -3.34. The first-order valence-corrected chi connectivity index (χ1v) is 9.62. The number of aromatic nitrogens is 4. The molecule has 0 aliphatic rings. The van der Waals surface area contributed by atoms with E-state index in [2.05, 4.69) is 15.0 Å². The topological polar surface area (TPSA) is 78.0 Å². The second-order valence-corrected chi connectivity index (χ2v) is 7.37. The molecule has 0 fully saturated rings. The predicted molar refractivity (Wildman–Crippen MR) is 104 cm³/mol. The van der Waals surface area contributed by atoms with Gasteiger partial charge in [-0.05, 0) is 30.3 Å². The van der Waals surface area contributed by atoms with Crippen LogP contribution in [-0.2, 0) is 13.1 Å². The molecule has 156 valence electrons. The maximum absolute atomic E-state index is 12.4. The van der Waals surface area contributed by atoms with Crippen molar-refractivity contribution in [2.75, 3.05) is 7.11 Å². The van der Waals surface area contributed by atoms with Crippen LogP contribution in [-0.4, -0.2) is 33.0 Å². The van der Waals surface area contributed by atoms with Crippen molar-refractivity contribution in [2.45, 2.75) is 19.5 Å². The Morgan fingerprint density at radius 2 is 1.93 bits per heavy atom. The van der Waals surface area contributed by atoms with Crippen molar-refractivity contribution in [3.63, 3.8) is 0 Å². The Bertz CT molecular complexity index is 1240. The number of benzene rings is 2. The van der Waals surface area contributed by atoms with Gasteiger partial charge in [0.05, 0.1) is 30.1 Å². The molecule has 0 saturated heterocycles. The van der Waals surface area contributed by atoms with Crippen molar-refractivity contribution in [3.8, 4) is 22.8 Å². The SMILES string of the molecule is COc1cccc(-c2cn(CCn3c(=N)sc4cc(OC(F)(F)F)ccc43)nn2)c1. The standard InChI is InChI=1S/C19H16F3N5O2S/c1-28-13-4-2-3-12(9-13)15-11-26(25-24-15)7-8-27-16-6-5-14(29-19(20,21)22)10-17(16)30-18(27)23/h2-6,9-11,23H,7-8H2,1H3. The fraction of sp³-hybridized carbons (Fsp3) is 0.211. The lowest BCUT2D eigenvalue weighted by Gasteiger charge is -2.09. The molecule has 4 rings (SSSR count). The minimum atomic E-state index is -4.75. The third-order valence-corrected chi connectivity index (χ3v) is 5.32. The molecule has 30 heavy (non-hydrogen) atoms. The summed E-state index contributed by atoms with van der Waals surface area (Å²) in [4.78, 5) is 0.224. The average molecular weight is 435 g/mol. The number of thiazole rings is 1. The molecule has 7 nitrogen and oxygen atoms in total. The Kier molecular flexibility index (Phi) is 5.20. The fourth-order valence-corrected chi connectivity index (χ4v) is 3.98. The van der Waals surface area contributed by atoms with Crippen LogP contribution in [0.15, 0.2) is 48.7 Å². The molecule has 0 aliphatic heterocycles. The van der Waals surface area contributed by atoms with Gasteiger partial charge in [0.15, 0.2) is 4.80 Å². The van der Waals surface area contributed by atoms with E-state index in [0.717, 1.165) is 22.6 Å². The first-order chi connectivity index (χ1) is 14.3. The van der Waals surface area contributed by atoms with Crippen LogP contribution in [0.5, 0.6) is 11.5 Å². The summed E-state index contributed by atoms with van der Waals surface area (Å²) in [5.41, 5.74) is 2.22. The number of rotatable bonds is 6. The lowest BCUT2D eigenvalue weighted by Crippen LogP contribution is -2.17. The highest BCUT2D eigenvalue weighted by molar-refractivity contribution is 7.16. The van der Waals surface area contributed by atoms with Gasteiger partial charge in [0.2, 0.25) is 0 Å². The summed E-state index contributed by atoms with van der Waals surface area (Å²) < 4.78 is 50.3. The molecular weight excluding hydrogens is 419 g/mol. The molecule has 4 aromatic rings. The quantitative estimate of drug-likeness (QED) is 0.496. The third-order valence-electron chi connectivity index (χ3n) is 4.36. The Morgan fingerprint density at radius 3 is 2.70 bits per heavy atom. The van der Waals surface area contributed by atoms with Crippen molar-refractivity contribution < 1.29 is 22.6 Å². The average Bonchev–Trinajstić information content (AvgIpc) is 3.28. The normalized spacial score (nSPS) is 11.7. The van der Waals surface area contributed by atoms with Gasteiger partial charge in [-0.1, -0.05) is 28.7 Å². The van der Waals surface area contributed by atoms with E-state index in [1.165, 1.54) is 18.2 Å². The molecule has 0 amide bonds. The molecular formula is C19H16F3N5O2S. The summed E-state index contributed by atoms with van der Waals surface area (Å²) in [7, 11) is 1.59. The van der Waals surface area contributed by atoms with Crippen LogP contribution in [0.2, 0.25) is 0 Å². The maximum Gasteiger partial charge on any atom is 0.573 e. The van der Waals surface area contributed by atoms with Crippen molar-refractivity contribution >= 4 is 21.6 Å². The van der Waals surface area contributed by atoms with Crippen LogP contribution in [0.4, 0.5) is 13.2 Å². The molecule has 0 spiro atoms. The Balaban J connectivity index is 1.52. The minimum absolute atomic E-state index is 0.224. The number of aryl methyl sites for hydroxylation is 2. The van der Waals surface area contributed by atoms with Gasteiger partial charge >= 0.3 is 6.36 Å². The monoisotopic (exact) mass is 435 g/mol. The van der Waals surface area contributed by atoms with Gasteiger partial charge in [-0.15, -0.1) is 18.3 Å². The fourth-order valence-electron chi connectivity index (χ4n) is 3.01. The van der Waals surface area contributed by atoms with Crippen molar-refractivity contribution in [2.24, 2.45) is 0 Å². The lowest BCUT2D eigenvalue weighted by atomic mass is 10.1. The Labute approximate surface area is 172 Å². The van der Waals surface area contributed by atoms with E-state index in [0.29, 0.717) is 29.0 Å². The van der Waals surface area contributed by atoms with E-state index in [9.17, 15) is 13.2 Å². The van der Waals surface area contributed by atoms with Crippen LogP contribution in [0.3, 0.4) is 0 Å².